The normalized spacial score (nSPS) is 10.6. The second-order valence-corrected chi connectivity index (χ2v) is 6.08. The first kappa shape index (κ1) is 15.4. The number of aryl methyl sites for hydroxylation is 2. The SMILES string of the molecule is Cc1nc(C)c(CCC(=O)N(C)Cc2cccs2)c(=O)[nH]1. The van der Waals surface area contributed by atoms with E-state index in [1.54, 1.807) is 37.1 Å². The highest BCUT2D eigenvalue weighted by Crippen LogP contribution is 2.12. The van der Waals surface area contributed by atoms with Crippen molar-refractivity contribution in [2.75, 3.05) is 7.05 Å². The Hall–Kier alpha value is -1.95. The van der Waals surface area contributed by atoms with Crippen molar-refractivity contribution in [3.8, 4) is 0 Å². The fourth-order valence-electron chi connectivity index (χ4n) is 2.19. The molecule has 0 aliphatic carbocycles. The number of thiophene rings is 1. The molecule has 5 nitrogen and oxygen atoms in total. The molecule has 0 atom stereocenters. The molecule has 6 heteroatoms. The molecule has 0 spiro atoms. The van der Waals surface area contributed by atoms with Gasteiger partial charge in [0, 0.05) is 29.6 Å². The number of aromatic nitrogens is 2. The van der Waals surface area contributed by atoms with Crippen molar-refractivity contribution < 1.29 is 4.79 Å². The maximum atomic E-state index is 12.1. The zero-order valence-corrected chi connectivity index (χ0v) is 13.3. The van der Waals surface area contributed by atoms with Gasteiger partial charge in [-0.05, 0) is 31.7 Å². The van der Waals surface area contributed by atoms with Gasteiger partial charge in [-0.1, -0.05) is 6.07 Å². The van der Waals surface area contributed by atoms with Gasteiger partial charge in [0.05, 0.1) is 6.54 Å². The smallest absolute Gasteiger partial charge is 0.254 e. The lowest BCUT2D eigenvalue weighted by atomic mass is 10.1. The minimum Gasteiger partial charge on any atom is -0.341 e. The molecule has 0 aliphatic heterocycles. The molecule has 2 aromatic rings. The van der Waals surface area contributed by atoms with Gasteiger partial charge in [-0.15, -0.1) is 11.3 Å². The number of aromatic amines is 1. The first-order chi connectivity index (χ1) is 9.97. The lowest BCUT2D eigenvalue weighted by molar-refractivity contribution is -0.130. The van der Waals surface area contributed by atoms with Crippen molar-refractivity contribution >= 4 is 17.2 Å². The Kier molecular flexibility index (Phi) is 4.90. The number of nitrogens with zero attached hydrogens (tertiary/aromatic N) is 2. The van der Waals surface area contributed by atoms with Crippen molar-refractivity contribution in [1.29, 1.82) is 0 Å². The van der Waals surface area contributed by atoms with Crippen molar-refractivity contribution in [3.05, 3.63) is 49.8 Å². The molecule has 0 saturated carbocycles. The van der Waals surface area contributed by atoms with Crippen LogP contribution in [0.2, 0.25) is 0 Å². The monoisotopic (exact) mass is 305 g/mol. The van der Waals surface area contributed by atoms with Gasteiger partial charge in [-0.3, -0.25) is 9.59 Å². The Morgan fingerprint density at radius 3 is 2.81 bits per heavy atom. The summed E-state index contributed by atoms with van der Waals surface area (Å²) in [5.74, 6) is 0.630. The molecule has 0 aromatic carbocycles. The number of nitrogens with one attached hydrogen (secondary N) is 1. The number of carbonyl (C=O) groups excluding carboxylic acids is 1. The summed E-state index contributed by atoms with van der Waals surface area (Å²) in [5, 5.41) is 1.99. The molecule has 0 aliphatic rings. The second-order valence-electron chi connectivity index (χ2n) is 5.04. The zero-order chi connectivity index (χ0) is 15.4. The van der Waals surface area contributed by atoms with E-state index < -0.39 is 0 Å². The molecular weight excluding hydrogens is 286 g/mol. The van der Waals surface area contributed by atoms with Gasteiger partial charge in [-0.25, -0.2) is 4.98 Å². The average Bonchev–Trinajstić information content (AvgIpc) is 2.89. The topological polar surface area (TPSA) is 66.1 Å². The van der Waals surface area contributed by atoms with Crippen LogP contribution in [-0.4, -0.2) is 27.8 Å². The van der Waals surface area contributed by atoms with Crippen molar-refractivity contribution in [2.45, 2.75) is 33.2 Å². The van der Waals surface area contributed by atoms with E-state index in [1.807, 2.05) is 17.5 Å². The lowest BCUT2D eigenvalue weighted by Crippen LogP contribution is -2.27. The van der Waals surface area contributed by atoms with Gasteiger partial charge >= 0.3 is 0 Å². The van der Waals surface area contributed by atoms with Crippen molar-refractivity contribution in [2.24, 2.45) is 0 Å². The third kappa shape index (κ3) is 4.01. The summed E-state index contributed by atoms with van der Waals surface area (Å²) in [4.78, 5) is 33.8. The summed E-state index contributed by atoms with van der Waals surface area (Å²) in [5.41, 5.74) is 1.15. The van der Waals surface area contributed by atoms with Crippen molar-refractivity contribution in [3.63, 3.8) is 0 Å². The maximum absolute atomic E-state index is 12.1. The highest BCUT2D eigenvalue weighted by molar-refractivity contribution is 7.09. The number of hydrogen-bond donors (Lipinski definition) is 1. The summed E-state index contributed by atoms with van der Waals surface area (Å²) in [7, 11) is 1.78. The van der Waals surface area contributed by atoms with Crippen LogP contribution in [0.25, 0.3) is 0 Å². The lowest BCUT2D eigenvalue weighted by Gasteiger charge is -2.16. The van der Waals surface area contributed by atoms with Gasteiger partial charge in [0.2, 0.25) is 5.91 Å². The van der Waals surface area contributed by atoms with Crippen LogP contribution in [0.15, 0.2) is 22.3 Å². The molecular formula is C15H19N3O2S. The average molecular weight is 305 g/mol. The Morgan fingerprint density at radius 1 is 1.43 bits per heavy atom. The third-order valence-electron chi connectivity index (χ3n) is 3.33. The van der Waals surface area contributed by atoms with E-state index in [0.29, 0.717) is 36.5 Å². The number of carbonyl (C=O) groups is 1. The zero-order valence-electron chi connectivity index (χ0n) is 12.5. The summed E-state index contributed by atoms with van der Waals surface area (Å²) >= 11 is 1.63. The Balaban J connectivity index is 1.96. The molecule has 0 fully saturated rings. The molecule has 1 N–H and O–H groups in total. The van der Waals surface area contributed by atoms with Crippen LogP contribution in [0.1, 0.15) is 28.4 Å². The van der Waals surface area contributed by atoms with Gasteiger partial charge in [0.25, 0.3) is 5.56 Å². The van der Waals surface area contributed by atoms with E-state index in [0.717, 1.165) is 4.88 Å². The van der Waals surface area contributed by atoms with Crippen molar-refractivity contribution in [1.82, 2.24) is 14.9 Å². The van der Waals surface area contributed by atoms with Crippen LogP contribution in [0.3, 0.4) is 0 Å². The van der Waals surface area contributed by atoms with Crippen LogP contribution in [-0.2, 0) is 17.8 Å². The summed E-state index contributed by atoms with van der Waals surface area (Å²) in [6.45, 7) is 4.16. The Morgan fingerprint density at radius 2 is 2.19 bits per heavy atom. The summed E-state index contributed by atoms with van der Waals surface area (Å²) in [6, 6.07) is 3.98. The van der Waals surface area contributed by atoms with Gasteiger partial charge in [-0.2, -0.15) is 0 Å². The number of amides is 1. The summed E-state index contributed by atoms with van der Waals surface area (Å²) < 4.78 is 0. The van der Waals surface area contributed by atoms with Crippen LogP contribution in [0.5, 0.6) is 0 Å². The number of rotatable bonds is 5. The second kappa shape index (κ2) is 6.67. The highest BCUT2D eigenvalue weighted by Gasteiger charge is 2.13. The largest absolute Gasteiger partial charge is 0.341 e. The van der Waals surface area contributed by atoms with E-state index in [4.69, 9.17) is 0 Å². The quantitative estimate of drug-likeness (QED) is 0.919. The van der Waals surface area contributed by atoms with E-state index >= 15 is 0 Å². The summed E-state index contributed by atoms with van der Waals surface area (Å²) in [6.07, 6.45) is 0.735. The standard InChI is InChI=1S/C15H19N3O2S/c1-10-13(15(20)17-11(2)16-10)6-7-14(19)18(3)9-12-5-4-8-21-12/h4-5,8H,6-7,9H2,1-3H3,(H,16,17,20). The van der Waals surface area contributed by atoms with Gasteiger partial charge in [0.15, 0.2) is 0 Å². The minimum absolute atomic E-state index is 0.0303. The highest BCUT2D eigenvalue weighted by atomic mass is 32.1. The Labute approximate surface area is 127 Å². The van der Waals surface area contributed by atoms with E-state index in [9.17, 15) is 9.59 Å². The molecule has 0 saturated heterocycles. The Bertz CT molecular complexity index is 677. The predicted molar refractivity (Wildman–Crippen MR) is 83.4 cm³/mol. The van der Waals surface area contributed by atoms with Crippen LogP contribution in [0, 0.1) is 13.8 Å². The van der Waals surface area contributed by atoms with Gasteiger partial charge in [0.1, 0.15) is 5.82 Å². The molecule has 112 valence electrons. The molecule has 0 unspecified atom stereocenters. The third-order valence-corrected chi connectivity index (χ3v) is 4.19. The number of hydrogen-bond acceptors (Lipinski definition) is 4. The van der Waals surface area contributed by atoms with E-state index in [1.165, 1.54) is 0 Å². The first-order valence-corrected chi connectivity index (χ1v) is 7.68. The minimum atomic E-state index is -0.145. The molecule has 21 heavy (non-hydrogen) atoms. The first-order valence-electron chi connectivity index (χ1n) is 6.80. The number of H-pyrrole nitrogens is 1. The molecule has 0 bridgehead atoms. The van der Waals surface area contributed by atoms with Gasteiger partial charge < -0.3 is 9.88 Å². The maximum Gasteiger partial charge on any atom is 0.254 e. The fraction of sp³-hybridized carbons (Fsp3) is 0.400. The van der Waals surface area contributed by atoms with E-state index in [2.05, 4.69) is 9.97 Å². The van der Waals surface area contributed by atoms with Crippen LogP contribution in [0.4, 0.5) is 0 Å². The van der Waals surface area contributed by atoms with Crippen LogP contribution < -0.4 is 5.56 Å². The molecule has 0 radical (unpaired) electrons. The fourth-order valence-corrected chi connectivity index (χ4v) is 2.95. The molecule has 1 amide bonds. The van der Waals surface area contributed by atoms with Crippen LogP contribution >= 0.6 is 11.3 Å². The predicted octanol–water partition coefficient (Wildman–Crippen LogP) is 2.04. The molecule has 2 rings (SSSR count). The molecule has 2 aromatic heterocycles. The van der Waals surface area contributed by atoms with E-state index in [-0.39, 0.29) is 11.5 Å². The molecule has 2 heterocycles.